The van der Waals surface area contributed by atoms with E-state index >= 15 is 0 Å². The minimum atomic E-state index is 0.250. The Bertz CT molecular complexity index is 104. The molecule has 0 radical (unpaired) electrons. The normalized spacial score (nSPS) is 6.11. The predicted octanol–water partition coefficient (Wildman–Crippen LogP) is 1.78. The van der Waals surface area contributed by atoms with Crippen LogP contribution in [0.1, 0.15) is 27.2 Å². The molecule has 0 N–H and O–H groups in total. The molecule has 0 atom stereocenters. The van der Waals surface area contributed by atoms with Crippen molar-refractivity contribution < 1.29 is 9.59 Å². The maximum absolute atomic E-state index is 8.12. The molecule has 2 heteroatoms. The Morgan fingerprint density at radius 3 is 1.78 bits per heavy atom. The van der Waals surface area contributed by atoms with Gasteiger partial charge in [0.15, 0.2) is 0 Å². The summed E-state index contributed by atoms with van der Waals surface area (Å²) in [7, 11) is 0. The van der Waals surface area contributed by atoms with Crippen LogP contribution in [0.3, 0.4) is 0 Å². The standard InChI is InChI=1S/C6H12.CO2/c1-4-5-6(2)3;2-1-3/h5H,4H2,1-3H3;. The van der Waals surface area contributed by atoms with Crippen molar-refractivity contribution in [2.24, 2.45) is 0 Å². The van der Waals surface area contributed by atoms with E-state index in [9.17, 15) is 0 Å². The Morgan fingerprint density at radius 1 is 1.44 bits per heavy atom. The second-order valence-electron chi connectivity index (χ2n) is 1.77. The van der Waals surface area contributed by atoms with Crippen LogP contribution in [0.15, 0.2) is 11.6 Å². The lowest BCUT2D eigenvalue weighted by molar-refractivity contribution is -0.191. The maximum Gasteiger partial charge on any atom is 0.373 e. The molecule has 0 aromatic heterocycles. The third-order valence-corrected chi connectivity index (χ3v) is 0.612. The minimum absolute atomic E-state index is 0.250. The summed E-state index contributed by atoms with van der Waals surface area (Å²) >= 11 is 0. The first-order chi connectivity index (χ1) is 4.18. The molecule has 0 aromatic carbocycles. The van der Waals surface area contributed by atoms with Gasteiger partial charge in [-0.25, -0.2) is 0 Å². The summed E-state index contributed by atoms with van der Waals surface area (Å²) < 4.78 is 0. The van der Waals surface area contributed by atoms with E-state index < -0.39 is 0 Å². The van der Waals surface area contributed by atoms with Crippen LogP contribution in [0.2, 0.25) is 0 Å². The molecule has 0 aromatic rings. The molecule has 0 aliphatic heterocycles. The highest BCUT2D eigenvalue weighted by atomic mass is 16.2. The van der Waals surface area contributed by atoms with Gasteiger partial charge in [0, 0.05) is 0 Å². The first-order valence-electron chi connectivity index (χ1n) is 2.81. The highest BCUT2D eigenvalue weighted by Crippen LogP contribution is 1.88. The van der Waals surface area contributed by atoms with E-state index in [2.05, 4.69) is 26.8 Å². The summed E-state index contributed by atoms with van der Waals surface area (Å²) in [5, 5.41) is 0. The average Bonchev–Trinajstić information content (AvgIpc) is 1.67. The fraction of sp³-hybridized carbons (Fsp3) is 0.571. The molecule has 9 heavy (non-hydrogen) atoms. The van der Waals surface area contributed by atoms with Crippen LogP contribution >= 0.6 is 0 Å². The lowest BCUT2D eigenvalue weighted by Gasteiger charge is -1.80. The van der Waals surface area contributed by atoms with Gasteiger partial charge >= 0.3 is 6.15 Å². The van der Waals surface area contributed by atoms with Crippen molar-refractivity contribution in [3.05, 3.63) is 11.6 Å². The van der Waals surface area contributed by atoms with Crippen molar-refractivity contribution in [1.82, 2.24) is 0 Å². The van der Waals surface area contributed by atoms with E-state index in [0.29, 0.717) is 0 Å². The Kier molecular flexibility index (Phi) is 12.4. The van der Waals surface area contributed by atoms with Crippen LogP contribution in [-0.2, 0) is 9.59 Å². The van der Waals surface area contributed by atoms with Crippen molar-refractivity contribution >= 4 is 6.15 Å². The van der Waals surface area contributed by atoms with Gasteiger partial charge in [0.25, 0.3) is 0 Å². The SMILES string of the molecule is CCC=C(C)C.O=C=O. The minimum Gasteiger partial charge on any atom is -0.186 e. The second kappa shape index (κ2) is 10.2. The number of hydrogen-bond donors (Lipinski definition) is 0. The second-order valence-corrected chi connectivity index (χ2v) is 1.77. The molecule has 0 aliphatic carbocycles. The van der Waals surface area contributed by atoms with E-state index in [1.165, 1.54) is 12.0 Å². The highest BCUT2D eigenvalue weighted by Gasteiger charge is 1.67. The van der Waals surface area contributed by atoms with Gasteiger partial charge in [-0.1, -0.05) is 18.6 Å². The van der Waals surface area contributed by atoms with Gasteiger partial charge in [0.2, 0.25) is 0 Å². The molecule has 0 saturated carbocycles. The third-order valence-electron chi connectivity index (χ3n) is 0.612. The highest BCUT2D eigenvalue weighted by molar-refractivity contribution is 5.20. The van der Waals surface area contributed by atoms with Crippen molar-refractivity contribution in [3.63, 3.8) is 0 Å². The number of carbonyl (C=O) groups excluding carboxylic acids is 2. The molecule has 0 spiro atoms. The van der Waals surface area contributed by atoms with Crippen molar-refractivity contribution in [3.8, 4) is 0 Å². The number of hydrogen-bond acceptors (Lipinski definition) is 2. The molecule has 0 saturated heterocycles. The molecule has 0 amide bonds. The molecule has 2 nitrogen and oxygen atoms in total. The van der Waals surface area contributed by atoms with Gasteiger partial charge in [-0.3, -0.25) is 0 Å². The van der Waals surface area contributed by atoms with Crippen LogP contribution in [0, 0.1) is 0 Å². The van der Waals surface area contributed by atoms with Crippen molar-refractivity contribution in [1.29, 1.82) is 0 Å². The van der Waals surface area contributed by atoms with Crippen LogP contribution in [0.4, 0.5) is 0 Å². The zero-order valence-corrected chi connectivity index (χ0v) is 6.10. The zero-order chi connectivity index (χ0) is 7.70. The molecule has 52 valence electrons. The largest absolute Gasteiger partial charge is 0.373 e. The third kappa shape index (κ3) is 41.5. The smallest absolute Gasteiger partial charge is 0.186 e. The van der Waals surface area contributed by atoms with E-state index in [4.69, 9.17) is 9.59 Å². The first kappa shape index (κ1) is 11.0. The maximum atomic E-state index is 8.12. The van der Waals surface area contributed by atoms with E-state index in [-0.39, 0.29) is 6.15 Å². The topological polar surface area (TPSA) is 34.1 Å². The molecule has 0 bridgehead atoms. The average molecular weight is 128 g/mol. The monoisotopic (exact) mass is 128 g/mol. The Balaban J connectivity index is 0. The Morgan fingerprint density at radius 2 is 1.78 bits per heavy atom. The summed E-state index contributed by atoms with van der Waals surface area (Å²) in [6.45, 7) is 6.38. The summed E-state index contributed by atoms with van der Waals surface area (Å²) in [5.41, 5.74) is 1.41. The van der Waals surface area contributed by atoms with Crippen LogP contribution in [0.5, 0.6) is 0 Å². The quantitative estimate of drug-likeness (QED) is 0.504. The molecule has 0 fully saturated rings. The summed E-state index contributed by atoms with van der Waals surface area (Å²) in [5.74, 6) is 0. The zero-order valence-electron chi connectivity index (χ0n) is 6.10. The van der Waals surface area contributed by atoms with Gasteiger partial charge in [0.1, 0.15) is 0 Å². The van der Waals surface area contributed by atoms with Crippen molar-refractivity contribution in [2.75, 3.05) is 0 Å². The van der Waals surface area contributed by atoms with Crippen LogP contribution in [-0.4, -0.2) is 6.15 Å². The lowest BCUT2D eigenvalue weighted by atomic mass is 10.3. The van der Waals surface area contributed by atoms with E-state index in [1.807, 2.05) is 0 Å². The summed E-state index contributed by atoms with van der Waals surface area (Å²) in [4.78, 5) is 16.2. The molecular weight excluding hydrogens is 116 g/mol. The number of allylic oxidation sites excluding steroid dienone is 2. The Labute approximate surface area is 55.6 Å². The molecule has 0 rings (SSSR count). The molecule has 0 aliphatic rings. The molecular formula is C7H12O2. The van der Waals surface area contributed by atoms with Gasteiger partial charge in [-0.2, -0.15) is 9.59 Å². The van der Waals surface area contributed by atoms with Crippen molar-refractivity contribution in [2.45, 2.75) is 27.2 Å². The van der Waals surface area contributed by atoms with Gasteiger partial charge in [-0.05, 0) is 20.3 Å². The van der Waals surface area contributed by atoms with E-state index in [0.717, 1.165) is 0 Å². The number of rotatable bonds is 1. The summed E-state index contributed by atoms with van der Waals surface area (Å²) in [6.07, 6.45) is 3.63. The fourth-order valence-corrected chi connectivity index (χ4v) is 0.408. The molecule has 0 unspecified atom stereocenters. The predicted molar refractivity (Wildman–Crippen MR) is 34.7 cm³/mol. The van der Waals surface area contributed by atoms with Gasteiger partial charge in [0.05, 0.1) is 0 Å². The van der Waals surface area contributed by atoms with Crippen LogP contribution < -0.4 is 0 Å². The van der Waals surface area contributed by atoms with Crippen LogP contribution in [0.25, 0.3) is 0 Å². The molecule has 0 heterocycles. The first-order valence-corrected chi connectivity index (χ1v) is 2.81. The van der Waals surface area contributed by atoms with Gasteiger partial charge < -0.3 is 0 Å². The summed E-state index contributed by atoms with van der Waals surface area (Å²) in [6, 6.07) is 0. The van der Waals surface area contributed by atoms with E-state index in [1.54, 1.807) is 0 Å². The fourth-order valence-electron chi connectivity index (χ4n) is 0.408. The Hall–Kier alpha value is -0.880. The lowest BCUT2D eigenvalue weighted by Crippen LogP contribution is -1.58. The van der Waals surface area contributed by atoms with Gasteiger partial charge in [-0.15, -0.1) is 0 Å².